The number of sulfonamides is 1. The molecule has 1 aromatic rings. The second-order valence-electron chi connectivity index (χ2n) is 5.58. The number of nitrogens with one attached hydrogen (secondary N) is 1. The number of hydrogen-bond donors (Lipinski definition) is 2. The van der Waals surface area contributed by atoms with Crippen LogP contribution in [-0.2, 0) is 10.0 Å². The molecule has 0 amide bonds. The van der Waals surface area contributed by atoms with Crippen LogP contribution in [0.15, 0.2) is 23.1 Å². The van der Waals surface area contributed by atoms with Gasteiger partial charge in [-0.3, -0.25) is 0 Å². The summed E-state index contributed by atoms with van der Waals surface area (Å²) >= 11 is 0. The van der Waals surface area contributed by atoms with Crippen molar-refractivity contribution in [2.24, 2.45) is 0 Å². The van der Waals surface area contributed by atoms with Gasteiger partial charge in [0.25, 0.3) is 0 Å². The molecule has 0 aromatic heterocycles. The third kappa shape index (κ3) is 4.89. The van der Waals surface area contributed by atoms with Gasteiger partial charge in [-0.1, -0.05) is 26.2 Å². The second kappa shape index (κ2) is 7.66. The molecule has 0 spiro atoms. The van der Waals surface area contributed by atoms with Crippen LogP contribution in [0.25, 0.3) is 0 Å². The van der Waals surface area contributed by atoms with Crippen molar-refractivity contribution >= 4 is 21.4 Å². The summed E-state index contributed by atoms with van der Waals surface area (Å²) in [6.07, 6.45) is 4.58. The summed E-state index contributed by atoms with van der Waals surface area (Å²) < 4.78 is 25.5. The van der Waals surface area contributed by atoms with Gasteiger partial charge in [0.1, 0.15) is 0 Å². The number of anilines is 2. The first-order valence-corrected chi connectivity index (χ1v) is 8.81. The van der Waals surface area contributed by atoms with E-state index in [-0.39, 0.29) is 10.9 Å². The zero-order valence-corrected chi connectivity index (χ0v) is 14.2. The molecule has 120 valence electrons. The Hall–Kier alpha value is -1.27. The number of nitrogens with two attached hydrogens (primary N) is 1. The first kappa shape index (κ1) is 17.8. The molecule has 0 fully saturated rings. The number of hydrogen-bond acceptors (Lipinski definition) is 4. The molecular formula is C15H27N3O2S. The van der Waals surface area contributed by atoms with Crippen LogP contribution in [-0.4, -0.2) is 32.9 Å². The highest BCUT2D eigenvalue weighted by molar-refractivity contribution is 7.89. The first-order chi connectivity index (χ1) is 9.78. The van der Waals surface area contributed by atoms with Gasteiger partial charge in [0.2, 0.25) is 10.0 Å². The van der Waals surface area contributed by atoms with Crippen LogP contribution < -0.4 is 11.1 Å². The van der Waals surface area contributed by atoms with Crippen molar-refractivity contribution in [1.29, 1.82) is 0 Å². The summed E-state index contributed by atoms with van der Waals surface area (Å²) in [5.41, 5.74) is 7.19. The fourth-order valence-electron chi connectivity index (χ4n) is 2.07. The molecule has 1 rings (SSSR count). The fraction of sp³-hybridized carbons (Fsp3) is 0.600. The van der Waals surface area contributed by atoms with Crippen molar-refractivity contribution in [3.05, 3.63) is 18.2 Å². The molecule has 0 bridgehead atoms. The maximum atomic E-state index is 12.1. The van der Waals surface area contributed by atoms with Crippen LogP contribution in [0.4, 0.5) is 11.4 Å². The van der Waals surface area contributed by atoms with E-state index in [1.54, 1.807) is 12.1 Å². The normalized spacial score (nSPS) is 13.4. The van der Waals surface area contributed by atoms with Crippen molar-refractivity contribution in [2.45, 2.75) is 50.5 Å². The minimum absolute atomic E-state index is 0.255. The van der Waals surface area contributed by atoms with Gasteiger partial charge in [-0.2, -0.15) is 0 Å². The predicted molar refractivity (Wildman–Crippen MR) is 89.0 cm³/mol. The molecule has 3 N–H and O–H groups in total. The van der Waals surface area contributed by atoms with Gasteiger partial charge >= 0.3 is 0 Å². The van der Waals surface area contributed by atoms with Gasteiger partial charge in [0.15, 0.2) is 0 Å². The summed E-state index contributed by atoms with van der Waals surface area (Å²) in [5.74, 6) is 0. The zero-order chi connectivity index (χ0) is 16.0. The molecule has 0 aliphatic heterocycles. The van der Waals surface area contributed by atoms with Crippen molar-refractivity contribution < 1.29 is 8.42 Å². The number of rotatable bonds is 8. The largest absolute Gasteiger partial charge is 0.397 e. The Morgan fingerprint density at radius 1 is 1.29 bits per heavy atom. The van der Waals surface area contributed by atoms with Gasteiger partial charge < -0.3 is 11.1 Å². The molecule has 0 aliphatic carbocycles. The van der Waals surface area contributed by atoms with Gasteiger partial charge in [0, 0.05) is 20.1 Å². The highest BCUT2D eigenvalue weighted by Gasteiger charge is 2.18. The summed E-state index contributed by atoms with van der Waals surface area (Å²) in [6.45, 7) is 4.26. The molecule has 5 nitrogen and oxygen atoms in total. The molecule has 0 saturated carbocycles. The van der Waals surface area contributed by atoms with Gasteiger partial charge in [-0.15, -0.1) is 0 Å². The zero-order valence-electron chi connectivity index (χ0n) is 13.4. The maximum Gasteiger partial charge on any atom is 0.242 e. The Labute approximate surface area is 128 Å². The predicted octanol–water partition coefficient (Wildman–Crippen LogP) is 2.90. The Bertz CT molecular complexity index is 556. The monoisotopic (exact) mass is 313 g/mol. The van der Waals surface area contributed by atoms with Gasteiger partial charge in [0.05, 0.1) is 16.3 Å². The molecular weight excluding hydrogens is 286 g/mol. The topological polar surface area (TPSA) is 75.4 Å². The Morgan fingerprint density at radius 2 is 1.95 bits per heavy atom. The highest BCUT2D eigenvalue weighted by Crippen LogP contribution is 2.25. The Morgan fingerprint density at radius 3 is 2.52 bits per heavy atom. The Balaban J connectivity index is 2.88. The van der Waals surface area contributed by atoms with Crippen LogP contribution in [0.5, 0.6) is 0 Å². The average Bonchev–Trinajstić information content (AvgIpc) is 2.41. The lowest BCUT2D eigenvalue weighted by molar-refractivity contribution is 0.521. The molecule has 0 aliphatic rings. The molecule has 1 aromatic carbocycles. The molecule has 1 unspecified atom stereocenters. The van der Waals surface area contributed by atoms with E-state index >= 15 is 0 Å². The quantitative estimate of drug-likeness (QED) is 0.571. The lowest BCUT2D eigenvalue weighted by Gasteiger charge is -2.18. The van der Waals surface area contributed by atoms with Crippen molar-refractivity contribution in [3.8, 4) is 0 Å². The third-order valence-corrected chi connectivity index (χ3v) is 5.26. The minimum Gasteiger partial charge on any atom is -0.397 e. The number of nitrogens with zero attached hydrogens (tertiary/aromatic N) is 1. The van der Waals surface area contributed by atoms with E-state index in [1.807, 2.05) is 0 Å². The van der Waals surface area contributed by atoms with E-state index in [9.17, 15) is 8.42 Å². The van der Waals surface area contributed by atoms with E-state index in [1.165, 1.54) is 37.3 Å². The third-order valence-electron chi connectivity index (χ3n) is 3.45. The molecule has 1 atom stereocenters. The summed E-state index contributed by atoms with van der Waals surface area (Å²) in [7, 11) is -0.395. The van der Waals surface area contributed by atoms with Crippen LogP contribution in [0.2, 0.25) is 0 Å². The van der Waals surface area contributed by atoms with Crippen LogP contribution >= 0.6 is 0 Å². The molecule has 6 heteroatoms. The lowest BCUT2D eigenvalue weighted by atomic mass is 10.1. The fourth-order valence-corrected chi connectivity index (χ4v) is 3.00. The van der Waals surface area contributed by atoms with Crippen molar-refractivity contribution in [1.82, 2.24) is 4.31 Å². The average molecular weight is 313 g/mol. The van der Waals surface area contributed by atoms with E-state index in [0.29, 0.717) is 11.4 Å². The van der Waals surface area contributed by atoms with Crippen LogP contribution in [0, 0.1) is 0 Å². The maximum absolute atomic E-state index is 12.1. The lowest BCUT2D eigenvalue weighted by Crippen LogP contribution is -2.23. The van der Waals surface area contributed by atoms with Crippen molar-refractivity contribution in [2.75, 3.05) is 25.1 Å². The highest BCUT2D eigenvalue weighted by atomic mass is 32.2. The van der Waals surface area contributed by atoms with E-state index in [4.69, 9.17) is 5.73 Å². The molecule has 0 saturated heterocycles. The van der Waals surface area contributed by atoms with Crippen LogP contribution in [0.1, 0.15) is 39.5 Å². The summed E-state index contributed by atoms with van der Waals surface area (Å²) in [5, 5.41) is 3.31. The summed E-state index contributed by atoms with van der Waals surface area (Å²) in [4.78, 5) is 0.255. The molecule has 21 heavy (non-hydrogen) atoms. The first-order valence-electron chi connectivity index (χ1n) is 7.37. The number of unbranched alkanes of at least 4 members (excludes halogenated alkanes) is 2. The molecule has 0 heterocycles. The van der Waals surface area contributed by atoms with E-state index in [2.05, 4.69) is 19.2 Å². The number of benzene rings is 1. The minimum atomic E-state index is -3.44. The van der Waals surface area contributed by atoms with E-state index < -0.39 is 10.0 Å². The van der Waals surface area contributed by atoms with Gasteiger partial charge in [-0.05, 0) is 31.5 Å². The van der Waals surface area contributed by atoms with Gasteiger partial charge in [-0.25, -0.2) is 12.7 Å². The van der Waals surface area contributed by atoms with E-state index in [0.717, 1.165) is 12.8 Å². The standard InChI is InChI=1S/C15H27N3O2S/c1-5-6-7-8-12(2)17-15-11-13(9-10-14(15)16)21(19,20)18(3)4/h9-12,17H,5-8,16H2,1-4H3. The molecule has 0 radical (unpaired) electrons. The second-order valence-corrected chi connectivity index (χ2v) is 7.73. The smallest absolute Gasteiger partial charge is 0.242 e. The van der Waals surface area contributed by atoms with Crippen LogP contribution in [0.3, 0.4) is 0 Å². The summed E-state index contributed by atoms with van der Waals surface area (Å²) in [6, 6.07) is 5.05. The van der Waals surface area contributed by atoms with Crippen molar-refractivity contribution in [3.63, 3.8) is 0 Å². The SMILES string of the molecule is CCCCCC(C)Nc1cc(S(=O)(=O)N(C)C)ccc1N. The number of nitrogen functional groups attached to an aromatic ring is 1. The Kier molecular flexibility index (Phi) is 6.48.